The third-order valence-electron chi connectivity index (χ3n) is 3.09. The largest absolute Gasteiger partial charge is 0.365 e. The second-order valence-corrected chi connectivity index (χ2v) is 5.31. The number of nitrogens with one attached hydrogen (secondary N) is 2. The van der Waals surface area contributed by atoms with Crippen molar-refractivity contribution in [1.82, 2.24) is 15.3 Å². The molecule has 1 heterocycles. The lowest BCUT2D eigenvalue weighted by Gasteiger charge is -2.07. The van der Waals surface area contributed by atoms with Gasteiger partial charge in [0, 0.05) is 18.1 Å². The summed E-state index contributed by atoms with van der Waals surface area (Å²) in [5.74, 6) is 0.435. The van der Waals surface area contributed by atoms with Crippen molar-refractivity contribution in [1.29, 1.82) is 0 Å². The minimum Gasteiger partial charge on any atom is -0.365 e. The average molecular weight is 319 g/mol. The molecule has 1 aromatic carbocycles. The minimum absolute atomic E-state index is 0.190. The Morgan fingerprint density at radius 1 is 1.18 bits per heavy atom. The van der Waals surface area contributed by atoms with E-state index < -0.39 is 0 Å². The standard InChI is InChI=1S/C16H19ClN4O/c1-2-3-8-18-16(22)14-10-21-15(11-19-14)20-9-12-4-6-13(17)7-5-12/h4-7,10-11H,2-3,8-9H2,1H3,(H,18,22)(H,20,21). The molecule has 0 fully saturated rings. The molecule has 0 radical (unpaired) electrons. The van der Waals surface area contributed by atoms with E-state index in [0.29, 0.717) is 29.6 Å². The van der Waals surface area contributed by atoms with Gasteiger partial charge in [-0.1, -0.05) is 37.1 Å². The Balaban J connectivity index is 1.86. The molecule has 0 saturated carbocycles. The monoisotopic (exact) mass is 318 g/mol. The molecule has 0 aliphatic rings. The number of hydrogen-bond acceptors (Lipinski definition) is 4. The molecule has 6 heteroatoms. The third-order valence-corrected chi connectivity index (χ3v) is 3.34. The van der Waals surface area contributed by atoms with Gasteiger partial charge < -0.3 is 10.6 Å². The van der Waals surface area contributed by atoms with Gasteiger partial charge in [-0.25, -0.2) is 9.97 Å². The minimum atomic E-state index is -0.190. The number of amides is 1. The van der Waals surface area contributed by atoms with Crippen molar-refractivity contribution in [3.63, 3.8) is 0 Å². The van der Waals surface area contributed by atoms with Gasteiger partial charge in [-0.05, 0) is 24.1 Å². The van der Waals surface area contributed by atoms with Gasteiger partial charge in [0.05, 0.1) is 12.4 Å². The molecule has 5 nitrogen and oxygen atoms in total. The van der Waals surface area contributed by atoms with Crippen LogP contribution in [0.2, 0.25) is 5.02 Å². The molecule has 0 aliphatic carbocycles. The molecule has 116 valence electrons. The van der Waals surface area contributed by atoms with Crippen LogP contribution in [0.3, 0.4) is 0 Å². The molecular formula is C16H19ClN4O. The lowest BCUT2D eigenvalue weighted by molar-refractivity contribution is 0.0948. The van der Waals surface area contributed by atoms with Crippen molar-refractivity contribution in [2.75, 3.05) is 11.9 Å². The topological polar surface area (TPSA) is 66.9 Å². The normalized spacial score (nSPS) is 10.3. The fourth-order valence-corrected chi connectivity index (χ4v) is 1.93. The van der Waals surface area contributed by atoms with Crippen LogP contribution in [-0.4, -0.2) is 22.4 Å². The Morgan fingerprint density at radius 2 is 1.95 bits per heavy atom. The molecule has 0 aliphatic heterocycles. The summed E-state index contributed by atoms with van der Waals surface area (Å²) in [5.41, 5.74) is 1.42. The first-order valence-corrected chi connectivity index (χ1v) is 7.65. The van der Waals surface area contributed by atoms with Gasteiger partial charge in [0.1, 0.15) is 11.5 Å². The number of nitrogens with zero attached hydrogens (tertiary/aromatic N) is 2. The Hall–Kier alpha value is -2.14. The molecule has 0 bridgehead atoms. The first-order valence-electron chi connectivity index (χ1n) is 7.27. The molecule has 2 aromatic rings. The number of benzene rings is 1. The summed E-state index contributed by atoms with van der Waals surface area (Å²) in [7, 11) is 0. The number of carbonyl (C=O) groups is 1. The molecule has 0 unspecified atom stereocenters. The fourth-order valence-electron chi connectivity index (χ4n) is 1.80. The molecule has 0 saturated heterocycles. The van der Waals surface area contributed by atoms with Gasteiger partial charge in [0.15, 0.2) is 0 Å². The molecule has 1 amide bonds. The summed E-state index contributed by atoms with van der Waals surface area (Å²) in [4.78, 5) is 20.1. The summed E-state index contributed by atoms with van der Waals surface area (Å²) >= 11 is 5.84. The molecule has 0 spiro atoms. The quantitative estimate of drug-likeness (QED) is 0.769. The van der Waals surface area contributed by atoms with Crippen LogP contribution in [-0.2, 0) is 6.54 Å². The number of hydrogen-bond donors (Lipinski definition) is 2. The highest BCUT2D eigenvalue weighted by Crippen LogP contribution is 2.11. The van der Waals surface area contributed by atoms with Crippen molar-refractivity contribution in [2.24, 2.45) is 0 Å². The van der Waals surface area contributed by atoms with Crippen LogP contribution < -0.4 is 10.6 Å². The van der Waals surface area contributed by atoms with Crippen LogP contribution in [0.25, 0.3) is 0 Å². The van der Waals surface area contributed by atoms with Crippen molar-refractivity contribution in [3.8, 4) is 0 Å². The molecule has 1 aromatic heterocycles. The van der Waals surface area contributed by atoms with Crippen LogP contribution in [0.15, 0.2) is 36.7 Å². The van der Waals surface area contributed by atoms with Gasteiger partial charge >= 0.3 is 0 Å². The first-order chi connectivity index (χ1) is 10.7. The van der Waals surface area contributed by atoms with E-state index in [-0.39, 0.29) is 5.91 Å². The van der Waals surface area contributed by atoms with Gasteiger partial charge in [0.25, 0.3) is 5.91 Å². The van der Waals surface area contributed by atoms with E-state index in [1.54, 1.807) is 6.20 Å². The summed E-state index contributed by atoms with van der Waals surface area (Å²) in [6, 6.07) is 7.57. The van der Waals surface area contributed by atoms with E-state index in [9.17, 15) is 4.79 Å². The van der Waals surface area contributed by atoms with Gasteiger partial charge in [-0.15, -0.1) is 0 Å². The summed E-state index contributed by atoms with van der Waals surface area (Å²) in [6.07, 6.45) is 5.04. The van der Waals surface area contributed by atoms with Crippen molar-refractivity contribution < 1.29 is 4.79 Å². The maximum absolute atomic E-state index is 11.8. The maximum atomic E-state index is 11.8. The van der Waals surface area contributed by atoms with E-state index in [1.807, 2.05) is 24.3 Å². The summed E-state index contributed by atoms with van der Waals surface area (Å²) in [5, 5.41) is 6.67. The average Bonchev–Trinajstić information content (AvgIpc) is 2.55. The predicted octanol–water partition coefficient (Wildman–Crippen LogP) is 3.27. The number of aromatic nitrogens is 2. The molecular weight excluding hydrogens is 300 g/mol. The molecule has 0 atom stereocenters. The number of anilines is 1. The number of halogens is 1. The van der Waals surface area contributed by atoms with E-state index >= 15 is 0 Å². The lowest BCUT2D eigenvalue weighted by Crippen LogP contribution is -2.25. The first kappa shape index (κ1) is 16.2. The Labute approximate surface area is 135 Å². The van der Waals surface area contributed by atoms with Crippen LogP contribution in [0.1, 0.15) is 35.8 Å². The van der Waals surface area contributed by atoms with Gasteiger partial charge in [0.2, 0.25) is 0 Å². The zero-order chi connectivity index (χ0) is 15.8. The van der Waals surface area contributed by atoms with Crippen LogP contribution >= 0.6 is 11.6 Å². The highest BCUT2D eigenvalue weighted by Gasteiger charge is 2.06. The zero-order valence-electron chi connectivity index (χ0n) is 12.5. The maximum Gasteiger partial charge on any atom is 0.271 e. The molecule has 2 rings (SSSR count). The Kier molecular flexibility index (Phi) is 6.15. The van der Waals surface area contributed by atoms with Crippen LogP contribution in [0, 0.1) is 0 Å². The van der Waals surface area contributed by atoms with E-state index in [2.05, 4.69) is 27.5 Å². The van der Waals surface area contributed by atoms with Gasteiger partial charge in [-0.3, -0.25) is 4.79 Å². The highest BCUT2D eigenvalue weighted by atomic mass is 35.5. The van der Waals surface area contributed by atoms with E-state index in [1.165, 1.54) is 6.20 Å². The van der Waals surface area contributed by atoms with Gasteiger partial charge in [-0.2, -0.15) is 0 Å². The molecule has 2 N–H and O–H groups in total. The summed E-state index contributed by atoms with van der Waals surface area (Å²) < 4.78 is 0. The summed E-state index contributed by atoms with van der Waals surface area (Å²) in [6.45, 7) is 3.36. The van der Waals surface area contributed by atoms with Crippen molar-refractivity contribution in [2.45, 2.75) is 26.3 Å². The fraction of sp³-hybridized carbons (Fsp3) is 0.312. The van der Waals surface area contributed by atoms with E-state index in [0.717, 1.165) is 18.4 Å². The second kappa shape index (κ2) is 8.34. The number of rotatable bonds is 7. The zero-order valence-corrected chi connectivity index (χ0v) is 13.2. The number of unbranched alkanes of at least 4 members (excludes halogenated alkanes) is 1. The Bertz CT molecular complexity index is 599. The second-order valence-electron chi connectivity index (χ2n) is 4.88. The smallest absolute Gasteiger partial charge is 0.271 e. The predicted molar refractivity (Wildman–Crippen MR) is 88.1 cm³/mol. The Morgan fingerprint density at radius 3 is 2.59 bits per heavy atom. The van der Waals surface area contributed by atoms with E-state index in [4.69, 9.17) is 11.6 Å². The highest BCUT2D eigenvalue weighted by molar-refractivity contribution is 6.30. The molecule has 22 heavy (non-hydrogen) atoms. The SMILES string of the molecule is CCCCNC(=O)c1cnc(NCc2ccc(Cl)cc2)cn1. The van der Waals surface area contributed by atoms with Crippen molar-refractivity contribution in [3.05, 3.63) is 52.9 Å². The van der Waals surface area contributed by atoms with Crippen LogP contribution in [0.5, 0.6) is 0 Å². The third kappa shape index (κ3) is 5.00. The number of carbonyl (C=O) groups excluding carboxylic acids is 1. The van der Waals surface area contributed by atoms with Crippen molar-refractivity contribution >= 4 is 23.3 Å². The lowest BCUT2D eigenvalue weighted by atomic mass is 10.2. The van der Waals surface area contributed by atoms with Crippen LogP contribution in [0.4, 0.5) is 5.82 Å².